The van der Waals surface area contributed by atoms with Crippen LogP contribution in [0.3, 0.4) is 0 Å². The molecule has 0 bridgehead atoms. The Bertz CT molecular complexity index is 1350. The van der Waals surface area contributed by atoms with Gasteiger partial charge in [-0.3, -0.25) is 4.90 Å². The van der Waals surface area contributed by atoms with Crippen molar-refractivity contribution in [2.75, 3.05) is 4.90 Å². The van der Waals surface area contributed by atoms with Gasteiger partial charge in [-0.15, -0.1) is 0 Å². The van der Waals surface area contributed by atoms with E-state index in [0.29, 0.717) is 26.9 Å². The summed E-state index contributed by atoms with van der Waals surface area (Å²) in [5, 5.41) is 9.51. The van der Waals surface area contributed by atoms with E-state index in [1.807, 2.05) is 78.6 Å². The number of rotatable bonds is 4. The highest BCUT2D eigenvalue weighted by Gasteiger charge is 2.34. The number of nitrogens with zero attached hydrogens (tertiary/aromatic N) is 3. The average Bonchev–Trinajstić information content (AvgIpc) is 3.29. The van der Waals surface area contributed by atoms with Crippen LogP contribution in [0.2, 0.25) is 10.0 Å². The number of para-hydroxylation sites is 1. The summed E-state index contributed by atoms with van der Waals surface area (Å²) in [6, 6.07) is 24.6. The third kappa shape index (κ3) is 4.25. The summed E-state index contributed by atoms with van der Waals surface area (Å²) < 4.78 is 5.77. The van der Waals surface area contributed by atoms with Gasteiger partial charge in [0.25, 0.3) is 5.89 Å². The molecule has 0 fully saturated rings. The largest absolute Gasteiger partial charge is 0.351 e. The van der Waals surface area contributed by atoms with Crippen molar-refractivity contribution in [1.82, 2.24) is 15.5 Å². The zero-order chi connectivity index (χ0) is 22.9. The van der Waals surface area contributed by atoms with Gasteiger partial charge in [-0.25, -0.2) is 0 Å². The quantitative estimate of drug-likeness (QED) is 0.312. The van der Waals surface area contributed by atoms with E-state index in [0.717, 1.165) is 28.1 Å². The molecule has 1 aliphatic heterocycles. The number of benzene rings is 3. The van der Waals surface area contributed by atoms with Gasteiger partial charge in [0.15, 0.2) is 5.11 Å². The average molecular weight is 493 g/mol. The van der Waals surface area contributed by atoms with Crippen LogP contribution in [0, 0.1) is 0 Å². The zero-order valence-corrected chi connectivity index (χ0v) is 19.8. The van der Waals surface area contributed by atoms with Crippen LogP contribution in [0.15, 0.2) is 89.1 Å². The Morgan fingerprint density at radius 3 is 2.42 bits per heavy atom. The summed E-state index contributed by atoms with van der Waals surface area (Å²) >= 11 is 18.1. The minimum absolute atomic E-state index is 0.310. The normalized spacial score (nSPS) is 16.2. The molecule has 33 heavy (non-hydrogen) atoms. The zero-order valence-electron chi connectivity index (χ0n) is 17.5. The van der Waals surface area contributed by atoms with E-state index < -0.39 is 0 Å². The molecule has 0 saturated heterocycles. The molecule has 2 heterocycles. The van der Waals surface area contributed by atoms with Gasteiger partial charge in [-0.2, -0.15) is 4.98 Å². The number of allylic oxidation sites excluding steroid dienone is 1. The lowest BCUT2D eigenvalue weighted by atomic mass is 9.94. The summed E-state index contributed by atoms with van der Waals surface area (Å²) in [6.45, 7) is 2.00. The van der Waals surface area contributed by atoms with Gasteiger partial charge in [0.1, 0.15) is 0 Å². The minimum Gasteiger partial charge on any atom is -0.351 e. The fraction of sp³-hybridized carbons (Fsp3) is 0.0800. The van der Waals surface area contributed by atoms with Crippen molar-refractivity contribution in [3.8, 4) is 11.4 Å². The Morgan fingerprint density at radius 1 is 0.939 bits per heavy atom. The van der Waals surface area contributed by atoms with Gasteiger partial charge in [0.2, 0.25) is 5.82 Å². The van der Waals surface area contributed by atoms with Crippen LogP contribution >= 0.6 is 35.4 Å². The topological polar surface area (TPSA) is 54.2 Å². The first-order valence-electron chi connectivity index (χ1n) is 10.2. The molecular weight excluding hydrogens is 475 g/mol. The summed E-state index contributed by atoms with van der Waals surface area (Å²) in [4.78, 5) is 6.68. The van der Waals surface area contributed by atoms with Crippen LogP contribution in [-0.2, 0) is 0 Å². The van der Waals surface area contributed by atoms with Crippen molar-refractivity contribution >= 4 is 51.8 Å². The molecule has 1 atom stereocenters. The Labute approximate surface area is 206 Å². The second-order valence-corrected chi connectivity index (χ2v) is 8.80. The van der Waals surface area contributed by atoms with Gasteiger partial charge < -0.3 is 9.84 Å². The van der Waals surface area contributed by atoms with E-state index in [-0.39, 0.29) is 6.04 Å². The van der Waals surface area contributed by atoms with Crippen molar-refractivity contribution in [1.29, 1.82) is 0 Å². The second kappa shape index (κ2) is 8.98. The highest BCUT2D eigenvalue weighted by Crippen LogP contribution is 2.39. The van der Waals surface area contributed by atoms with Gasteiger partial charge in [-0.05, 0) is 73.2 Å². The molecule has 1 unspecified atom stereocenters. The molecule has 0 radical (unpaired) electrons. The van der Waals surface area contributed by atoms with Crippen LogP contribution in [0.5, 0.6) is 0 Å². The fourth-order valence-electron chi connectivity index (χ4n) is 3.89. The van der Waals surface area contributed by atoms with Crippen LogP contribution in [0.1, 0.15) is 24.4 Å². The Kier molecular flexibility index (Phi) is 5.89. The maximum Gasteiger partial charge on any atom is 0.258 e. The predicted octanol–water partition coefficient (Wildman–Crippen LogP) is 6.91. The third-order valence-electron chi connectivity index (χ3n) is 5.44. The molecule has 5 rings (SSSR count). The number of hydrogen-bond donors (Lipinski definition) is 1. The fourth-order valence-corrected chi connectivity index (χ4v) is 4.58. The van der Waals surface area contributed by atoms with Gasteiger partial charge in [-0.1, -0.05) is 58.7 Å². The van der Waals surface area contributed by atoms with E-state index in [1.54, 1.807) is 12.1 Å². The lowest BCUT2D eigenvalue weighted by Gasteiger charge is -2.37. The number of nitrogens with one attached hydrogen (secondary N) is 1. The van der Waals surface area contributed by atoms with Crippen LogP contribution < -0.4 is 10.2 Å². The van der Waals surface area contributed by atoms with Crippen molar-refractivity contribution in [3.63, 3.8) is 0 Å². The maximum atomic E-state index is 6.30. The highest BCUT2D eigenvalue weighted by atomic mass is 35.5. The van der Waals surface area contributed by atoms with Crippen molar-refractivity contribution in [2.24, 2.45) is 0 Å². The molecule has 8 heteroatoms. The van der Waals surface area contributed by atoms with Crippen LogP contribution in [-0.4, -0.2) is 15.3 Å². The lowest BCUT2D eigenvalue weighted by Crippen LogP contribution is -2.46. The van der Waals surface area contributed by atoms with Crippen LogP contribution in [0.4, 0.5) is 5.69 Å². The summed E-state index contributed by atoms with van der Waals surface area (Å²) in [5.74, 6) is 0.879. The number of anilines is 1. The molecule has 0 aliphatic carbocycles. The molecule has 0 saturated carbocycles. The standard InChI is InChI=1S/C25H18Cl2N4OS/c1-15-21(24-29-23(30-32-24)16-10-12-18(26)13-11-16)22(17-6-5-7-19(27)14-17)28-25(33)31(15)20-8-3-2-4-9-20/h2-14,22H,1H3,(H,28,33). The van der Waals surface area contributed by atoms with Gasteiger partial charge >= 0.3 is 0 Å². The smallest absolute Gasteiger partial charge is 0.258 e. The number of halogens is 2. The third-order valence-corrected chi connectivity index (χ3v) is 6.23. The number of thiocarbonyl (C=S) groups is 1. The molecule has 1 aromatic heterocycles. The lowest BCUT2D eigenvalue weighted by molar-refractivity contribution is 0.404. The molecular formula is C25H18Cl2N4OS. The molecule has 4 aromatic rings. The summed E-state index contributed by atoms with van der Waals surface area (Å²) in [7, 11) is 0. The highest BCUT2D eigenvalue weighted by molar-refractivity contribution is 7.80. The van der Waals surface area contributed by atoms with E-state index in [9.17, 15) is 0 Å². The van der Waals surface area contributed by atoms with Crippen molar-refractivity contribution in [3.05, 3.63) is 106 Å². The first-order valence-corrected chi connectivity index (χ1v) is 11.4. The summed E-state index contributed by atoms with van der Waals surface area (Å²) in [6.07, 6.45) is 0. The molecule has 0 amide bonds. The monoisotopic (exact) mass is 492 g/mol. The van der Waals surface area contributed by atoms with E-state index in [2.05, 4.69) is 10.5 Å². The summed E-state index contributed by atoms with van der Waals surface area (Å²) in [5.41, 5.74) is 4.40. The Morgan fingerprint density at radius 2 is 1.70 bits per heavy atom. The van der Waals surface area contributed by atoms with Crippen LogP contribution in [0.25, 0.3) is 17.0 Å². The Balaban J connectivity index is 1.66. The predicted molar refractivity (Wildman–Crippen MR) is 136 cm³/mol. The van der Waals surface area contributed by atoms with Gasteiger partial charge in [0.05, 0.1) is 11.6 Å². The SMILES string of the molecule is CC1=C(c2nc(-c3ccc(Cl)cc3)no2)C(c2cccc(Cl)c2)NC(=S)N1c1ccccc1. The maximum absolute atomic E-state index is 6.30. The van der Waals surface area contributed by atoms with Crippen molar-refractivity contribution < 1.29 is 4.52 Å². The van der Waals surface area contributed by atoms with E-state index >= 15 is 0 Å². The molecule has 5 nitrogen and oxygen atoms in total. The van der Waals surface area contributed by atoms with Crippen molar-refractivity contribution in [2.45, 2.75) is 13.0 Å². The molecule has 1 aliphatic rings. The first kappa shape index (κ1) is 21.6. The molecule has 0 spiro atoms. The first-order chi connectivity index (χ1) is 16.0. The Hall–Kier alpha value is -3.19. The number of hydrogen-bond acceptors (Lipinski definition) is 4. The second-order valence-electron chi connectivity index (χ2n) is 7.54. The van der Waals surface area contributed by atoms with E-state index in [1.165, 1.54) is 0 Å². The molecule has 3 aromatic carbocycles. The number of aromatic nitrogens is 2. The minimum atomic E-state index is -0.310. The van der Waals surface area contributed by atoms with Gasteiger partial charge in [0, 0.05) is 27.0 Å². The molecule has 164 valence electrons. The van der Waals surface area contributed by atoms with E-state index in [4.69, 9.17) is 44.9 Å². The molecule has 1 N–H and O–H groups in total.